The fourth-order valence-corrected chi connectivity index (χ4v) is 3.38. The molecule has 28 heavy (non-hydrogen) atoms. The number of esters is 1. The van der Waals surface area contributed by atoms with Crippen molar-refractivity contribution < 1.29 is 33.3 Å². The maximum atomic E-state index is 12.5. The van der Waals surface area contributed by atoms with Gasteiger partial charge in [-0.05, 0) is 38.1 Å². The van der Waals surface area contributed by atoms with Gasteiger partial charge in [-0.3, -0.25) is 0 Å². The van der Waals surface area contributed by atoms with Crippen molar-refractivity contribution in [1.82, 2.24) is 10.4 Å². The lowest BCUT2D eigenvalue weighted by molar-refractivity contribution is 0.0566. The van der Waals surface area contributed by atoms with Crippen molar-refractivity contribution in [2.75, 3.05) is 20.3 Å². The van der Waals surface area contributed by atoms with Crippen LogP contribution in [0.5, 0.6) is 5.75 Å². The highest BCUT2D eigenvalue weighted by molar-refractivity contribution is 5.90. The number of benzene rings is 1. The van der Waals surface area contributed by atoms with Gasteiger partial charge < -0.3 is 18.9 Å². The quantitative estimate of drug-likeness (QED) is 0.364. The number of methoxy groups -OCH3 is 1. The third-order valence-corrected chi connectivity index (χ3v) is 4.52. The first kappa shape index (κ1) is 19.5. The predicted molar refractivity (Wildman–Crippen MR) is 96.9 cm³/mol. The smallest absolute Gasteiger partial charge is 0.429 e. The van der Waals surface area contributed by atoms with E-state index in [-0.39, 0.29) is 25.2 Å². The van der Waals surface area contributed by atoms with Gasteiger partial charge >= 0.3 is 18.2 Å². The van der Waals surface area contributed by atoms with Crippen LogP contribution in [0.3, 0.4) is 0 Å². The van der Waals surface area contributed by atoms with E-state index < -0.39 is 24.2 Å². The second-order valence-corrected chi connectivity index (χ2v) is 6.13. The monoisotopic (exact) mass is 390 g/mol. The maximum absolute atomic E-state index is 12.5. The largest absolute Gasteiger partial charge is 0.485 e. The number of rotatable bonds is 4. The number of hydrazine groups is 1. The van der Waals surface area contributed by atoms with E-state index in [1.807, 2.05) is 6.08 Å². The van der Waals surface area contributed by atoms with Gasteiger partial charge in [0.2, 0.25) is 0 Å². The Labute approximate surface area is 162 Å². The Bertz CT molecular complexity index is 807. The fraction of sp³-hybridized carbons (Fsp3) is 0.421. The second kappa shape index (κ2) is 8.20. The molecule has 1 N–H and O–H groups in total. The second-order valence-electron chi connectivity index (χ2n) is 6.13. The third kappa shape index (κ3) is 3.60. The van der Waals surface area contributed by atoms with Crippen molar-refractivity contribution in [2.24, 2.45) is 0 Å². The van der Waals surface area contributed by atoms with Crippen molar-refractivity contribution in [2.45, 2.75) is 31.9 Å². The van der Waals surface area contributed by atoms with Crippen LogP contribution in [-0.4, -0.2) is 55.6 Å². The van der Waals surface area contributed by atoms with Gasteiger partial charge in [0.25, 0.3) is 0 Å². The van der Waals surface area contributed by atoms with Crippen LogP contribution in [0.25, 0.3) is 0 Å². The Morgan fingerprint density at radius 3 is 2.57 bits per heavy atom. The number of hydrogen-bond donors (Lipinski definition) is 1. The summed E-state index contributed by atoms with van der Waals surface area (Å²) in [5, 5.41) is 1.09. The van der Waals surface area contributed by atoms with Crippen molar-refractivity contribution in [3.05, 3.63) is 41.5 Å². The molecule has 0 saturated heterocycles. The number of carbonyl (C=O) groups excluding carboxylic acids is 3. The Morgan fingerprint density at radius 2 is 1.89 bits per heavy atom. The van der Waals surface area contributed by atoms with Crippen LogP contribution in [0.1, 0.15) is 35.7 Å². The summed E-state index contributed by atoms with van der Waals surface area (Å²) >= 11 is 0. The van der Waals surface area contributed by atoms with Gasteiger partial charge in [-0.1, -0.05) is 6.08 Å². The summed E-state index contributed by atoms with van der Waals surface area (Å²) in [5.41, 5.74) is 3.55. The molecule has 2 aliphatic rings. The average molecular weight is 390 g/mol. The third-order valence-electron chi connectivity index (χ3n) is 4.52. The molecule has 0 aromatic heterocycles. The van der Waals surface area contributed by atoms with Crippen LogP contribution in [0.4, 0.5) is 9.59 Å². The average Bonchev–Trinajstić information content (AvgIpc) is 3.24. The normalized spacial score (nSPS) is 21.2. The zero-order chi connectivity index (χ0) is 20.3. The van der Waals surface area contributed by atoms with Gasteiger partial charge in [0, 0.05) is 5.56 Å². The Balaban J connectivity index is 1.92. The molecule has 9 heteroatoms. The highest BCUT2D eigenvalue weighted by atomic mass is 16.6. The molecule has 0 spiro atoms. The number of carbonyl (C=O) groups is 3. The fourth-order valence-electron chi connectivity index (χ4n) is 3.38. The molecule has 0 radical (unpaired) electrons. The molecule has 9 nitrogen and oxygen atoms in total. The van der Waals surface area contributed by atoms with E-state index in [1.165, 1.54) is 7.11 Å². The topological polar surface area (TPSA) is 103 Å². The standard InChI is InChI=1S/C19H22N2O7/c1-4-26-18(23)20-21(19(24)27-5-2)13-7-9-15-16(13)12-10-11(17(22)25-3)6-8-14(12)28-15/h6-10,13,15-16H,4-5H2,1-3H3,(H,20,23)/t13-,15-,16+/m1/s1. The van der Waals surface area contributed by atoms with Gasteiger partial charge in [0.15, 0.2) is 0 Å². The van der Waals surface area contributed by atoms with Crippen LogP contribution in [0.2, 0.25) is 0 Å². The van der Waals surface area contributed by atoms with Gasteiger partial charge in [-0.25, -0.2) is 24.8 Å². The van der Waals surface area contributed by atoms with Crippen molar-refractivity contribution in [3.8, 4) is 5.75 Å². The molecule has 1 aromatic rings. The molecule has 0 fully saturated rings. The van der Waals surface area contributed by atoms with E-state index in [1.54, 1.807) is 38.1 Å². The molecule has 2 amide bonds. The highest BCUT2D eigenvalue weighted by Crippen LogP contribution is 2.46. The van der Waals surface area contributed by atoms with E-state index in [4.69, 9.17) is 18.9 Å². The maximum Gasteiger partial charge on any atom is 0.429 e. The summed E-state index contributed by atoms with van der Waals surface area (Å²) in [6, 6.07) is 4.41. The number of ether oxygens (including phenoxy) is 4. The summed E-state index contributed by atoms with van der Waals surface area (Å²) in [4.78, 5) is 36.3. The SMILES string of the molecule is CCOC(=O)NN(C(=O)OCC)[C@@H]1C=C[C@H]2Oc3ccc(C(=O)OC)cc3[C@@H]12. The molecule has 3 atom stereocenters. The minimum Gasteiger partial charge on any atom is -0.485 e. The van der Waals surface area contributed by atoms with Gasteiger partial charge in [-0.15, -0.1) is 0 Å². The van der Waals surface area contributed by atoms with Gasteiger partial charge in [0.05, 0.1) is 37.8 Å². The number of amides is 2. The lowest BCUT2D eigenvalue weighted by Crippen LogP contribution is -2.53. The molecular formula is C19H22N2O7. The molecule has 1 aliphatic carbocycles. The van der Waals surface area contributed by atoms with E-state index in [2.05, 4.69) is 5.43 Å². The molecular weight excluding hydrogens is 368 g/mol. The Morgan fingerprint density at radius 1 is 1.14 bits per heavy atom. The molecule has 150 valence electrons. The summed E-state index contributed by atoms with van der Waals surface area (Å²) in [6.07, 6.45) is 1.74. The number of fused-ring (bicyclic) bond motifs is 3. The van der Waals surface area contributed by atoms with Gasteiger partial charge in [-0.2, -0.15) is 0 Å². The van der Waals surface area contributed by atoms with E-state index in [0.717, 1.165) is 10.6 Å². The van der Waals surface area contributed by atoms with Crippen molar-refractivity contribution in [1.29, 1.82) is 0 Å². The predicted octanol–water partition coefficient (Wildman–Crippen LogP) is 2.38. The molecule has 3 rings (SSSR count). The van der Waals surface area contributed by atoms with Crippen LogP contribution in [0.15, 0.2) is 30.4 Å². The van der Waals surface area contributed by atoms with Crippen molar-refractivity contribution in [3.63, 3.8) is 0 Å². The zero-order valence-electron chi connectivity index (χ0n) is 15.8. The molecule has 0 saturated carbocycles. The van der Waals surface area contributed by atoms with E-state index >= 15 is 0 Å². The van der Waals surface area contributed by atoms with E-state index in [9.17, 15) is 14.4 Å². The lowest BCUT2D eigenvalue weighted by atomic mass is 9.91. The lowest BCUT2D eigenvalue weighted by Gasteiger charge is -2.30. The molecule has 0 unspecified atom stereocenters. The zero-order valence-corrected chi connectivity index (χ0v) is 15.8. The number of nitrogens with zero attached hydrogens (tertiary/aromatic N) is 1. The first-order chi connectivity index (χ1) is 13.5. The molecule has 1 aromatic carbocycles. The van der Waals surface area contributed by atoms with Crippen LogP contribution < -0.4 is 10.2 Å². The molecule has 1 aliphatic heterocycles. The summed E-state index contributed by atoms with van der Waals surface area (Å²) in [5.74, 6) is -0.191. The van der Waals surface area contributed by atoms with Gasteiger partial charge in [0.1, 0.15) is 11.9 Å². The first-order valence-corrected chi connectivity index (χ1v) is 8.96. The van der Waals surface area contributed by atoms with Crippen LogP contribution in [0, 0.1) is 0 Å². The molecule has 0 bridgehead atoms. The Kier molecular flexibility index (Phi) is 5.72. The minimum absolute atomic E-state index is 0.143. The highest BCUT2D eigenvalue weighted by Gasteiger charge is 2.46. The first-order valence-electron chi connectivity index (χ1n) is 8.96. The summed E-state index contributed by atoms with van der Waals surface area (Å²) < 4.78 is 20.7. The summed E-state index contributed by atoms with van der Waals surface area (Å²) in [6.45, 7) is 3.63. The van der Waals surface area contributed by atoms with Crippen LogP contribution >= 0.6 is 0 Å². The molecule has 1 heterocycles. The summed E-state index contributed by atoms with van der Waals surface area (Å²) in [7, 11) is 1.31. The number of nitrogens with one attached hydrogen (secondary N) is 1. The van der Waals surface area contributed by atoms with Crippen LogP contribution in [-0.2, 0) is 14.2 Å². The van der Waals surface area contributed by atoms with Crippen molar-refractivity contribution >= 4 is 18.2 Å². The number of hydrogen-bond acceptors (Lipinski definition) is 7. The Hall–Kier alpha value is -3.23. The van der Waals surface area contributed by atoms with E-state index in [0.29, 0.717) is 11.3 Å². The minimum atomic E-state index is -0.769.